The summed E-state index contributed by atoms with van der Waals surface area (Å²) in [6, 6.07) is 11.2. The summed E-state index contributed by atoms with van der Waals surface area (Å²) in [7, 11) is 0. The molecule has 4 aromatic rings. The van der Waals surface area contributed by atoms with E-state index in [2.05, 4.69) is 43.0 Å². The molecule has 1 unspecified atom stereocenters. The minimum absolute atomic E-state index is 0.0971. The average Bonchev–Trinajstić information content (AvgIpc) is 3.62. The number of likely N-dealkylation sites (tertiary alicyclic amines) is 2. The van der Waals surface area contributed by atoms with Gasteiger partial charge < -0.3 is 29.8 Å². The number of hydrogen-bond acceptors (Lipinski definition) is 11. The number of carbonyl (C=O) groups excluding carboxylic acids is 4. The normalized spacial score (nSPS) is 18.2. The first-order valence-corrected chi connectivity index (χ1v) is 19.4. The molecular weight excluding hydrogens is 775 g/mol. The number of rotatable bonds is 10. The third kappa shape index (κ3) is 11.3. The zero-order valence-electron chi connectivity index (χ0n) is 32.6. The van der Waals surface area contributed by atoms with E-state index in [1.54, 1.807) is 6.07 Å². The molecule has 0 radical (unpaired) electrons. The van der Waals surface area contributed by atoms with Crippen LogP contribution in [0.25, 0.3) is 5.65 Å². The minimum atomic E-state index is -5.08. The van der Waals surface area contributed by atoms with Crippen LogP contribution in [-0.2, 0) is 19.2 Å². The number of alkyl halides is 3. The second-order valence-electron chi connectivity index (χ2n) is 15.0. The largest absolute Gasteiger partial charge is 0.490 e. The lowest BCUT2D eigenvalue weighted by molar-refractivity contribution is -0.192. The molecule has 3 aliphatic heterocycles. The van der Waals surface area contributed by atoms with Crippen molar-refractivity contribution in [1.82, 2.24) is 34.5 Å². The number of imide groups is 1. The molecular formula is C40H46F3N9O7. The van der Waals surface area contributed by atoms with Crippen molar-refractivity contribution in [3.63, 3.8) is 0 Å². The number of imidazole rings is 1. The Morgan fingerprint density at radius 1 is 0.966 bits per heavy atom. The predicted molar refractivity (Wildman–Crippen MR) is 208 cm³/mol. The molecule has 0 spiro atoms. The Labute approximate surface area is 337 Å². The summed E-state index contributed by atoms with van der Waals surface area (Å²) in [5.74, 6) is -2.24. The fraction of sp³-hybridized carbons (Fsp3) is 0.450. The molecule has 0 saturated carbocycles. The molecule has 59 heavy (non-hydrogen) atoms. The smallest absolute Gasteiger partial charge is 0.489 e. The monoisotopic (exact) mass is 821 g/mol. The maximum Gasteiger partial charge on any atom is 0.490 e. The van der Waals surface area contributed by atoms with E-state index in [0.29, 0.717) is 36.7 Å². The number of amides is 4. The van der Waals surface area contributed by atoms with Gasteiger partial charge >= 0.3 is 12.1 Å². The van der Waals surface area contributed by atoms with Crippen LogP contribution < -0.4 is 20.7 Å². The lowest BCUT2D eigenvalue weighted by Gasteiger charge is -2.35. The molecule has 1 atom stereocenters. The summed E-state index contributed by atoms with van der Waals surface area (Å²) >= 11 is 0. The first-order valence-electron chi connectivity index (χ1n) is 19.4. The van der Waals surface area contributed by atoms with E-state index in [4.69, 9.17) is 19.6 Å². The Morgan fingerprint density at radius 3 is 2.25 bits per heavy atom. The Balaban J connectivity index is 0.000000768. The zero-order valence-corrected chi connectivity index (χ0v) is 32.6. The highest BCUT2D eigenvalue weighted by Gasteiger charge is 2.38. The summed E-state index contributed by atoms with van der Waals surface area (Å²) in [4.78, 5) is 75.7. The van der Waals surface area contributed by atoms with Crippen molar-refractivity contribution >= 4 is 46.6 Å². The quantitative estimate of drug-likeness (QED) is 0.162. The standard InChI is InChI=1S/C38H45N9O5.C2HF3O2/c1-24(2)52-33-19-34-42-31(20-47(34)21-32(33)43-37(50)29-9-14-39-23-40-29)27-10-15-45(16-11-27)22-36(49)46-17-12-26(13-18-46)25-3-5-28(6-4-25)41-30-7-8-35(48)44-38(30)51;3-2(4,5)1(6)7/h3-6,9,14,19-21,23-24,26-27,30,41H,7-8,10-13,15-18,22H2,1-2H3,(H,43,50)(H,44,48,51);(H,6,7). The van der Waals surface area contributed by atoms with Crippen molar-refractivity contribution in [3.8, 4) is 5.75 Å². The minimum Gasteiger partial charge on any atom is -0.489 e. The SMILES string of the molecule is CC(C)Oc1cc2nc(C3CCN(CC(=O)N4CCC(c5ccc(NC6CCC(=O)NC6=O)cc5)CC4)CC3)cn2cc1NC(=O)c1ccncn1.O=C(O)C(F)(F)F. The second kappa shape index (κ2) is 18.6. The van der Waals surface area contributed by atoms with Crippen LogP contribution in [-0.4, -0.2) is 115 Å². The van der Waals surface area contributed by atoms with Gasteiger partial charge in [0, 0.05) is 55.8 Å². The van der Waals surface area contributed by atoms with E-state index in [0.717, 1.165) is 68.9 Å². The Kier molecular flexibility index (Phi) is 13.4. The number of nitrogens with zero attached hydrogens (tertiary/aromatic N) is 6. The van der Waals surface area contributed by atoms with Crippen LogP contribution >= 0.6 is 0 Å². The Bertz CT molecular complexity index is 2130. The van der Waals surface area contributed by atoms with Crippen molar-refractivity contribution in [2.45, 2.75) is 82.5 Å². The van der Waals surface area contributed by atoms with Crippen LogP contribution in [0.2, 0.25) is 0 Å². The van der Waals surface area contributed by atoms with Gasteiger partial charge in [-0.05, 0) is 88.7 Å². The molecule has 7 rings (SSSR count). The number of hydrogen-bond donors (Lipinski definition) is 4. The van der Waals surface area contributed by atoms with Gasteiger partial charge in [-0.3, -0.25) is 29.4 Å². The van der Waals surface area contributed by atoms with Gasteiger partial charge in [0.2, 0.25) is 17.7 Å². The Morgan fingerprint density at radius 2 is 1.64 bits per heavy atom. The van der Waals surface area contributed by atoms with Crippen molar-refractivity contribution in [3.05, 3.63) is 78.3 Å². The number of aliphatic carboxylic acids is 1. The van der Waals surface area contributed by atoms with Gasteiger partial charge in [0.05, 0.1) is 18.3 Å². The fourth-order valence-electron chi connectivity index (χ4n) is 7.31. The molecule has 6 heterocycles. The number of fused-ring (bicyclic) bond motifs is 1. The fourth-order valence-corrected chi connectivity index (χ4v) is 7.31. The number of anilines is 2. The molecule has 3 fully saturated rings. The maximum atomic E-state index is 13.3. The third-order valence-electron chi connectivity index (χ3n) is 10.4. The molecule has 4 amide bonds. The molecule has 314 valence electrons. The van der Waals surface area contributed by atoms with Crippen LogP contribution in [0.3, 0.4) is 0 Å². The first kappa shape index (κ1) is 42.5. The molecule has 19 heteroatoms. The number of piperidine rings is 3. The van der Waals surface area contributed by atoms with Crippen LogP contribution in [0.5, 0.6) is 5.75 Å². The van der Waals surface area contributed by atoms with E-state index in [1.807, 2.05) is 53.7 Å². The van der Waals surface area contributed by atoms with Crippen LogP contribution in [0.1, 0.15) is 86.0 Å². The second-order valence-corrected chi connectivity index (χ2v) is 15.0. The number of nitrogens with one attached hydrogen (secondary N) is 3. The number of pyridine rings is 1. The summed E-state index contributed by atoms with van der Waals surface area (Å²) in [5.41, 5.74) is 4.62. The van der Waals surface area contributed by atoms with Gasteiger partial charge in [0.1, 0.15) is 35.1 Å². The number of ether oxygens (including phenoxy) is 1. The van der Waals surface area contributed by atoms with Gasteiger partial charge in [0.15, 0.2) is 0 Å². The van der Waals surface area contributed by atoms with E-state index < -0.39 is 18.2 Å². The molecule has 3 saturated heterocycles. The number of carboxylic acid groups (broad SMARTS) is 1. The zero-order chi connectivity index (χ0) is 42.3. The maximum absolute atomic E-state index is 13.3. The highest BCUT2D eigenvalue weighted by atomic mass is 19.4. The highest BCUT2D eigenvalue weighted by molar-refractivity contribution is 6.03. The highest BCUT2D eigenvalue weighted by Crippen LogP contribution is 2.33. The van der Waals surface area contributed by atoms with Crippen LogP contribution in [0.15, 0.2) is 61.3 Å². The van der Waals surface area contributed by atoms with Crippen LogP contribution in [0.4, 0.5) is 24.5 Å². The number of halogens is 3. The Hall–Kier alpha value is -6.11. The van der Waals surface area contributed by atoms with Gasteiger partial charge in [-0.1, -0.05) is 12.1 Å². The van der Waals surface area contributed by atoms with Gasteiger partial charge in [-0.2, -0.15) is 13.2 Å². The van der Waals surface area contributed by atoms with Gasteiger partial charge in [-0.15, -0.1) is 0 Å². The topological polar surface area (TPSA) is 200 Å². The molecule has 1 aromatic carbocycles. The summed E-state index contributed by atoms with van der Waals surface area (Å²) < 4.78 is 39.7. The molecule has 4 N–H and O–H groups in total. The van der Waals surface area contributed by atoms with E-state index in [9.17, 15) is 32.3 Å². The van der Waals surface area contributed by atoms with Gasteiger partial charge in [0.25, 0.3) is 5.91 Å². The number of benzene rings is 1. The van der Waals surface area contributed by atoms with Crippen molar-refractivity contribution in [2.24, 2.45) is 0 Å². The first-order chi connectivity index (χ1) is 28.1. The van der Waals surface area contributed by atoms with Crippen molar-refractivity contribution in [1.29, 1.82) is 0 Å². The number of aromatic nitrogens is 4. The van der Waals surface area contributed by atoms with Crippen molar-refractivity contribution in [2.75, 3.05) is 43.4 Å². The van der Waals surface area contributed by atoms with E-state index >= 15 is 0 Å². The summed E-state index contributed by atoms with van der Waals surface area (Å²) in [6.45, 7) is 7.41. The predicted octanol–water partition coefficient (Wildman–Crippen LogP) is 4.60. The van der Waals surface area contributed by atoms with Gasteiger partial charge in [-0.25, -0.2) is 19.7 Å². The average molecular weight is 822 g/mol. The molecule has 0 aliphatic carbocycles. The molecule has 3 aliphatic rings. The molecule has 0 bridgehead atoms. The number of carbonyl (C=O) groups is 5. The molecule has 16 nitrogen and oxygen atoms in total. The summed E-state index contributed by atoms with van der Waals surface area (Å²) in [6.07, 6.45) is 6.00. The lowest BCUT2D eigenvalue weighted by atomic mass is 9.89. The lowest BCUT2D eigenvalue weighted by Crippen LogP contribution is -2.47. The van der Waals surface area contributed by atoms with E-state index in [1.165, 1.54) is 18.1 Å². The third-order valence-corrected chi connectivity index (χ3v) is 10.4. The molecule has 3 aromatic heterocycles. The van der Waals surface area contributed by atoms with Crippen LogP contribution in [0, 0.1) is 0 Å². The summed E-state index contributed by atoms with van der Waals surface area (Å²) in [5, 5.41) is 15.7. The van der Waals surface area contributed by atoms with E-state index in [-0.39, 0.29) is 41.3 Å². The van der Waals surface area contributed by atoms with Crippen molar-refractivity contribution < 1.29 is 47.0 Å². The number of carboxylic acids is 1.